The number of fused-ring (bicyclic) bond motifs is 1. The van der Waals surface area contributed by atoms with Gasteiger partial charge in [0, 0.05) is 17.5 Å². The summed E-state index contributed by atoms with van der Waals surface area (Å²) >= 11 is 0. The maximum atomic E-state index is 12.3. The van der Waals surface area contributed by atoms with Gasteiger partial charge in [-0.1, -0.05) is 18.2 Å². The highest BCUT2D eigenvalue weighted by molar-refractivity contribution is 6.07. The van der Waals surface area contributed by atoms with Gasteiger partial charge in [0.15, 0.2) is 6.23 Å². The lowest BCUT2D eigenvalue weighted by atomic mass is 9.98. The van der Waals surface area contributed by atoms with Crippen molar-refractivity contribution in [2.45, 2.75) is 24.5 Å². The van der Waals surface area contributed by atoms with Gasteiger partial charge in [0.2, 0.25) is 11.7 Å². The molecule has 3 amide bonds. The fraction of sp³-hybridized carbons (Fsp3) is 0.308. The van der Waals surface area contributed by atoms with Crippen LogP contribution in [0.5, 0.6) is 0 Å². The van der Waals surface area contributed by atoms with E-state index in [0.29, 0.717) is 5.56 Å². The standard InChI is InChI=1S/C13H12N2O6/c16-9-8(5-13(20,21)12(19)14-9)15-10(17)6-3-1-2-4-7(6)11(15)18/h1-4,8,10,17,20-21H,5H2,(H,14,16,19). The molecule has 0 aliphatic carbocycles. The van der Waals surface area contributed by atoms with Gasteiger partial charge in [0.25, 0.3) is 11.8 Å². The zero-order valence-electron chi connectivity index (χ0n) is 10.7. The second-order valence-corrected chi connectivity index (χ2v) is 5.03. The maximum Gasteiger partial charge on any atom is 0.286 e. The molecule has 0 spiro atoms. The van der Waals surface area contributed by atoms with Crippen LogP contribution in [0.4, 0.5) is 0 Å². The zero-order valence-corrected chi connectivity index (χ0v) is 10.7. The lowest BCUT2D eigenvalue weighted by Crippen LogP contribution is -2.63. The molecule has 2 aliphatic rings. The second-order valence-electron chi connectivity index (χ2n) is 5.03. The fourth-order valence-corrected chi connectivity index (χ4v) is 2.60. The number of aliphatic hydroxyl groups excluding tert-OH is 1. The third-order valence-electron chi connectivity index (χ3n) is 3.68. The van der Waals surface area contributed by atoms with Gasteiger partial charge in [-0.3, -0.25) is 24.6 Å². The van der Waals surface area contributed by atoms with E-state index in [-0.39, 0.29) is 5.56 Å². The number of hydrogen-bond acceptors (Lipinski definition) is 6. The summed E-state index contributed by atoms with van der Waals surface area (Å²) < 4.78 is 0. The van der Waals surface area contributed by atoms with Crippen molar-refractivity contribution >= 4 is 17.7 Å². The Hall–Kier alpha value is -2.29. The van der Waals surface area contributed by atoms with E-state index in [1.165, 1.54) is 12.1 Å². The molecule has 2 heterocycles. The molecule has 1 aromatic rings. The molecular weight excluding hydrogens is 280 g/mol. The Kier molecular flexibility index (Phi) is 2.84. The number of imide groups is 1. The Bertz CT molecular complexity index is 656. The van der Waals surface area contributed by atoms with Gasteiger partial charge in [0.05, 0.1) is 0 Å². The van der Waals surface area contributed by atoms with E-state index in [9.17, 15) is 29.7 Å². The van der Waals surface area contributed by atoms with E-state index in [0.717, 1.165) is 4.90 Å². The molecule has 2 atom stereocenters. The number of carbonyl (C=O) groups is 3. The van der Waals surface area contributed by atoms with Gasteiger partial charge in [-0.25, -0.2) is 0 Å². The molecule has 0 radical (unpaired) electrons. The van der Waals surface area contributed by atoms with E-state index in [2.05, 4.69) is 0 Å². The van der Waals surface area contributed by atoms with Gasteiger partial charge in [-0.15, -0.1) is 0 Å². The average molecular weight is 292 g/mol. The molecule has 110 valence electrons. The normalized spacial score (nSPS) is 27.6. The van der Waals surface area contributed by atoms with E-state index >= 15 is 0 Å². The Morgan fingerprint density at radius 2 is 1.86 bits per heavy atom. The lowest BCUT2D eigenvalue weighted by Gasteiger charge is -2.36. The van der Waals surface area contributed by atoms with Crippen LogP contribution in [-0.2, 0) is 9.59 Å². The molecule has 1 saturated heterocycles. The molecule has 8 nitrogen and oxygen atoms in total. The van der Waals surface area contributed by atoms with Gasteiger partial charge < -0.3 is 15.3 Å². The number of nitrogens with zero attached hydrogens (tertiary/aromatic N) is 1. The maximum absolute atomic E-state index is 12.3. The minimum absolute atomic E-state index is 0.233. The summed E-state index contributed by atoms with van der Waals surface area (Å²) in [5.41, 5.74) is 0.560. The summed E-state index contributed by atoms with van der Waals surface area (Å²) in [7, 11) is 0. The molecule has 21 heavy (non-hydrogen) atoms. The number of aliphatic hydroxyl groups is 3. The smallest absolute Gasteiger partial charge is 0.286 e. The molecule has 0 aromatic heterocycles. The van der Waals surface area contributed by atoms with Crippen LogP contribution in [0.1, 0.15) is 28.6 Å². The van der Waals surface area contributed by atoms with Crippen molar-refractivity contribution in [2.75, 3.05) is 0 Å². The van der Waals surface area contributed by atoms with Gasteiger partial charge in [0.1, 0.15) is 6.04 Å². The second kappa shape index (κ2) is 4.35. The van der Waals surface area contributed by atoms with Crippen LogP contribution in [0.15, 0.2) is 24.3 Å². The van der Waals surface area contributed by atoms with Crippen LogP contribution < -0.4 is 5.32 Å². The van der Waals surface area contributed by atoms with Gasteiger partial charge in [-0.2, -0.15) is 0 Å². The van der Waals surface area contributed by atoms with Crippen LogP contribution in [0.25, 0.3) is 0 Å². The first kappa shape index (κ1) is 13.7. The van der Waals surface area contributed by atoms with E-state index in [1.54, 1.807) is 17.4 Å². The number of amides is 3. The monoisotopic (exact) mass is 292 g/mol. The number of hydrogen-bond donors (Lipinski definition) is 4. The molecule has 4 N–H and O–H groups in total. The zero-order chi connectivity index (χ0) is 15.4. The Morgan fingerprint density at radius 1 is 1.19 bits per heavy atom. The average Bonchev–Trinajstić information content (AvgIpc) is 2.68. The van der Waals surface area contributed by atoms with Crippen molar-refractivity contribution in [3.8, 4) is 0 Å². The summed E-state index contributed by atoms with van der Waals surface area (Å²) in [6.45, 7) is 0. The Morgan fingerprint density at radius 3 is 2.52 bits per heavy atom. The summed E-state index contributed by atoms with van der Waals surface area (Å²) in [6, 6.07) is 4.92. The predicted molar refractivity (Wildman–Crippen MR) is 66.3 cm³/mol. The highest BCUT2D eigenvalue weighted by atomic mass is 16.5. The number of rotatable bonds is 1. The molecule has 2 aliphatic heterocycles. The minimum Gasteiger partial charge on any atom is -0.369 e. The van der Waals surface area contributed by atoms with Crippen molar-refractivity contribution in [3.63, 3.8) is 0 Å². The van der Waals surface area contributed by atoms with E-state index < -0.39 is 42.2 Å². The van der Waals surface area contributed by atoms with Crippen molar-refractivity contribution in [1.82, 2.24) is 10.2 Å². The molecule has 0 bridgehead atoms. The minimum atomic E-state index is -2.77. The third-order valence-corrected chi connectivity index (χ3v) is 3.68. The summed E-state index contributed by atoms with van der Waals surface area (Å²) in [5, 5.41) is 31.1. The lowest BCUT2D eigenvalue weighted by molar-refractivity contribution is -0.201. The van der Waals surface area contributed by atoms with Crippen molar-refractivity contribution in [3.05, 3.63) is 35.4 Å². The Balaban J connectivity index is 1.97. The summed E-state index contributed by atoms with van der Waals surface area (Å²) in [4.78, 5) is 36.3. The first-order valence-corrected chi connectivity index (χ1v) is 6.22. The molecule has 2 unspecified atom stereocenters. The van der Waals surface area contributed by atoms with Crippen LogP contribution in [-0.4, -0.2) is 49.8 Å². The molecule has 1 aromatic carbocycles. The topological polar surface area (TPSA) is 127 Å². The summed E-state index contributed by atoms with van der Waals surface area (Å²) in [6.07, 6.45) is -2.08. The van der Waals surface area contributed by atoms with E-state index in [1.807, 2.05) is 0 Å². The van der Waals surface area contributed by atoms with Crippen LogP contribution in [0, 0.1) is 0 Å². The third kappa shape index (κ3) is 1.92. The van der Waals surface area contributed by atoms with Crippen molar-refractivity contribution in [1.29, 1.82) is 0 Å². The molecule has 0 saturated carbocycles. The fourth-order valence-electron chi connectivity index (χ4n) is 2.60. The number of benzene rings is 1. The predicted octanol–water partition coefficient (Wildman–Crippen LogP) is -1.77. The first-order valence-electron chi connectivity index (χ1n) is 6.22. The largest absolute Gasteiger partial charge is 0.369 e. The number of piperidine rings is 1. The van der Waals surface area contributed by atoms with Crippen LogP contribution >= 0.6 is 0 Å². The molecular formula is C13H12N2O6. The van der Waals surface area contributed by atoms with Crippen LogP contribution in [0.2, 0.25) is 0 Å². The highest BCUT2D eigenvalue weighted by Crippen LogP contribution is 2.35. The number of carbonyl (C=O) groups excluding carboxylic acids is 3. The summed E-state index contributed by atoms with van der Waals surface area (Å²) in [5.74, 6) is -5.49. The van der Waals surface area contributed by atoms with Crippen molar-refractivity contribution in [2.24, 2.45) is 0 Å². The van der Waals surface area contributed by atoms with Crippen molar-refractivity contribution < 1.29 is 29.7 Å². The Labute approximate surface area is 118 Å². The first-order chi connectivity index (χ1) is 9.83. The van der Waals surface area contributed by atoms with Gasteiger partial charge in [-0.05, 0) is 6.07 Å². The highest BCUT2D eigenvalue weighted by Gasteiger charge is 2.51. The molecule has 8 heteroatoms. The molecule has 1 fully saturated rings. The molecule has 3 rings (SSSR count). The quantitative estimate of drug-likeness (QED) is 0.358. The van der Waals surface area contributed by atoms with Crippen LogP contribution in [0.3, 0.4) is 0 Å². The van der Waals surface area contributed by atoms with Gasteiger partial charge >= 0.3 is 0 Å². The SMILES string of the molecule is O=C1NC(=O)C(O)(O)CC1N1C(=O)c2ccccc2C1O. The number of nitrogens with one attached hydrogen (secondary N) is 1. The van der Waals surface area contributed by atoms with E-state index in [4.69, 9.17) is 0 Å².